The molecule has 0 spiro atoms. The number of para-hydroxylation sites is 2. The summed E-state index contributed by atoms with van der Waals surface area (Å²) in [5.41, 5.74) is 3.27. The molecule has 2 aromatic heterocycles. The van der Waals surface area contributed by atoms with Gasteiger partial charge in [0.25, 0.3) is 5.91 Å². The lowest BCUT2D eigenvalue weighted by Gasteiger charge is -2.07. The third kappa shape index (κ3) is 2.88. The predicted molar refractivity (Wildman–Crippen MR) is 103 cm³/mol. The van der Waals surface area contributed by atoms with Crippen molar-refractivity contribution in [2.75, 3.05) is 5.32 Å². The van der Waals surface area contributed by atoms with E-state index in [1.54, 1.807) is 10.8 Å². The maximum Gasteiger partial charge on any atom is 0.276 e. The Balaban J connectivity index is 1.70. The molecule has 4 aromatic rings. The molecule has 0 unspecified atom stereocenters. The Morgan fingerprint density at radius 2 is 2.00 bits per heavy atom. The van der Waals surface area contributed by atoms with E-state index in [0.29, 0.717) is 15.6 Å². The van der Waals surface area contributed by atoms with Gasteiger partial charge in [-0.2, -0.15) is 0 Å². The zero-order valence-electron chi connectivity index (χ0n) is 13.3. The minimum absolute atomic E-state index is 0.257. The van der Waals surface area contributed by atoms with Gasteiger partial charge in [-0.3, -0.25) is 14.7 Å². The van der Waals surface area contributed by atoms with Gasteiger partial charge < -0.3 is 4.98 Å². The summed E-state index contributed by atoms with van der Waals surface area (Å²) < 4.78 is 3.23. The molecule has 0 atom stereocenters. The van der Waals surface area contributed by atoms with E-state index < -0.39 is 0 Å². The van der Waals surface area contributed by atoms with E-state index in [4.69, 9.17) is 12.2 Å². The summed E-state index contributed by atoms with van der Waals surface area (Å²) in [7, 11) is 0. The number of anilines is 1. The van der Waals surface area contributed by atoms with Gasteiger partial charge in [-0.1, -0.05) is 41.7 Å². The second-order valence-corrected chi connectivity index (χ2v) is 6.96. The smallest absolute Gasteiger partial charge is 0.276 e. The average Bonchev–Trinajstić information content (AvgIpc) is 3.19. The minimum Gasteiger partial charge on any atom is -0.336 e. The van der Waals surface area contributed by atoms with Gasteiger partial charge in [-0.25, -0.2) is 4.98 Å². The van der Waals surface area contributed by atoms with Gasteiger partial charge in [-0.15, -0.1) is 0 Å². The molecule has 25 heavy (non-hydrogen) atoms. The minimum atomic E-state index is -0.257. The average molecular weight is 366 g/mol. The van der Waals surface area contributed by atoms with E-state index in [9.17, 15) is 4.79 Å². The van der Waals surface area contributed by atoms with Crippen LogP contribution in [-0.4, -0.2) is 20.4 Å². The van der Waals surface area contributed by atoms with Gasteiger partial charge >= 0.3 is 0 Å². The number of thiazole rings is 1. The number of aryl methyl sites for hydroxylation is 1. The fourth-order valence-electron chi connectivity index (χ4n) is 2.67. The molecule has 2 N–H and O–H groups in total. The largest absolute Gasteiger partial charge is 0.336 e. The van der Waals surface area contributed by atoms with Crippen LogP contribution < -0.4 is 5.32 Å². The fourth-order valence-corrected chi connectivity index (χ4v) is 3.87. The van der Waals surface area contributed by atoms with Crippen molar-refractivity contribution >= 4 is 44.8 Å². The molecular formula is C18H14N4OS2. The molecule has 0 saturated heterocycles. The van der Waals surface area contributed by atoms with Crippen molar-refractivity contribution in [3.05, 3.63) is 70.8 Å². The number of carbonyl (C=O) groups is 1. The quantitative estimate of drug-likeness (QED) is 0.516. The van der Waals surface area contributed by atoms with E-state index in [1.165, 1.54) is 11.3 Å². The highest BCUT2D eigenvalue weighted by Crippen LogP contribution is 2.28. The SMILES string of the molecule is Cc1cccc2sc(NC(=O)c3c[nH]c(=S)n3-c3ccccc3)nc12. The standard InChI is InChI=1S/C18H14N4OS2/c1-11-6-5-9-14-15(11)20-17(25-14)21-16(23)13-10-19-18(24)22(13)12-7-3-2-4-8-12/h2-10H,1H3,(H,19,24)(H,20,21,23). The van der Waals surface area contributed by atoms with Crippen molar-refractivity contribution in [1.29, 1.82) is 0 Å². The summed E-state index contributed by atoms with van der Waals surface area (Å²) in [6.45, 7) is 2.01. The van der Waals surface area contributed by atoms with E-state index >= 15 is 0 Å². The Morgan fingerprint density at radius 3 is 2.76 bits per heavy atom. The maximum absolute atomic E-state index is 12.8. The number of amides is 1. The highest BCUT2D eigenvalue weighted by atomic mass is 32.1. The number of H-pyrrole nitrogens is 1. The molecule has 4 rings (SSSR count). The lowest BCUT2D eigenvalue weighted by molar-refractivity contribution is 0.102. The molecule has 0 aliphatic heterocycles. The summed E-state index contributed by atoms with van der Waals surface area (Å²) >= 11 is 6.78. The summed E-state index contributed by atoms with van der Waals surface area (Å²) in [6.07, 6.45) is 1.61. The number of hydrogen-bond acceptors (Lipinski definition) is 4. The number of aromatic nitrogens is 3. The number of hydrogen-bond donors (Lipinski definition) is 2. The van der Waals surface area contributed by atoms with Gasteiger partial charge in [0.15, 0.2) is 9.90 Å². The Kier molecular flexibility index (Phi) is 3.95. The second-order valence-electron chi connectivity index (χ2n) is 5.54. The highest BCUT2D eigenvalue weighted by molar-refractivity contribution is 7.71. The lowest BCUT2D eigenvalue weighted by atomic mass is 10.2. The summed E-state index contributed by atoms with van der Waals surface area (Å²) in [5, 5.41) is 3.45. The molecule has 2 aromatic carbocycles. The molecule has 0 aliphatic carbocycles. The molecule has 0 bridgehead atoms. The first-order valence-electron chi connectivity index (χ1n) is 7.67. The van der Waals surface area contributed by atoms with E-state index in [-0.39, 0.29) is 5.91 Å². The number of rotatable bonds is 3. The van der Waals surface area contributed by atoms with E-state index in [2.05, 4.69) is 15.3 Å². The van der Waals surface area contributed by atoms with Gasteiger partial charge in [0, 0.05) is 11.9 Å². The summed E-state index contributed by atoms with van der Waals surface area (Å²) in [4.78, 5) is 20.2. The van der Waals surface area contributed by atoms with Crippen LogP contribution in [0.4, 0.5) is 5.13 Å². The number of imidazole rings is 1. The van der Waals surface area contributed by atoms with Crippen LogP contribution in [0.1, 0.15) is 16.1 Å². The fraction of sp³-hybridized carbons (Fsp3) is 0.0556. The second kappa shape index (κ2) is 6.27. The molecule has 0 fully saturated rings. The molecule has 0 radical (unpaired) electrons. The summed E-state index contributed by atoms with van der Waals surface area (Å²) in [5.74, 6) is -0.257. The van der Waals surface area contributed by atoms with Crippen LogP contribution in [0.15, 0.2) is 54.7 Å². The van der Waals surface area contributed by atoms with Gasteiger partial charge in [-0.05, 0) is 42.9 Å². The van der Waals surface area contributed by atoms with Crippen LogP contribution in [0.2, 0.25) is 0 Å². The van der Waals surface area contributed by atoms with Crippen molar-refractivity contribution in [3.8, 4) is 5.69 Å². The first-order valence-corrected chi connectivity index (χ1v) is 8.89. The van der Waals surface area contributed by atoms with E-state index in [1.807, 2.05) is 55.5 Å². The lowest BCUT2D eigenvalue weighted by Crippen LogP contribution is -2.16. The van der Waals surface area contributed by atoms with Gasteiger partial charge in [0.05, 0.1) is 10.2 Å². The molecule has 124 valence electrons. The number of nitrogens with zero attached hydrogens (tertiary/aromatic N) is 2. The highest BCUT2D eigenvalue weighted by Gasteiger charge is 2.16. The van der Waals surface area contributed by atoms with Crippen molar-refractivity contribution in [2.24, 2.45) is 0 Å². The third-order valence-electron chi connectivity index (χ3n) is 3.86. The van der Waals surface area contributed by atoms with Crippen LogP contribution in [0.3, 0.4) is 0 Å². The normalized spacial score (nSPS) is 10.9. The van der Waals surface area contributed by atoms with E-state index in [0.717, 1.165) is 21.5 Å². The molecule has 0 saturated carbocycles. The first kappa shape index (κ1) is 15.7. The Hall–Kier alpha value is -2.77. The van der Waals surface area contributed by atoms with Crippen molar-refractivity contribution < 1.29 is 4.79 Å². The van der Waals surface area contributed by atoms with Crippen LogP contribution in [0, 0.1) is 11.7 Å². The van der Waals surface area contributed by atoms with Crippen LogP contribution in [0.5, 0.6) is 0 Å². The Labute approximate surface area is 153 Å². The van der Waals surface area contributed by atoms with Crippen molar-refractivity contribution in [1.82, 2.24) is 14.5 Å². The molecule has 1 amide bonds. The Bertz CT molecular complexity index is 1120. The molecule has 0 aliphatic rings. The number of nitrogens with one attached hydrogen (secondary N) is 2. The topological polar surface area (TPSA) is 62.7 Å². The maximum atomic E-state index is 12.8. The molecule has 2 heterocycles. The summed E-state index contributed by atoms with van der Waals surface area (Å²) in [6, 6.07) is 15.5. The number of benzene rings is 2. The van der Waals surface area contributed by atoms with Crippen molar-refractivity contribution in [3.63, 3.8) is 0 Å². The zero-order chi connectivity index (χ0) is 17.4. The monoisotopic (exact) mass is 366 g/mol. The first-order chi connectivity index (χ1) is 12.1. The molecule has 5 nitrogen and oxygen atoms in total. The predicted octanol–water partition coefficient (Wildman–Crippen LogP) is 4.71. The number of carbonyl (C=O) groups excluding carboxylic acids is 1. The van der Waals surface area contributed by atoms with Crippen LogP contribution in [-0.2, 0) is 0 Å². The zero-order valence-corrected chi connectivity index (χ0v) is 14.9. The molecular weight excluding hydrogens is 352 g/mol. The van der Waals surface area contributed by atoms with Gasteiger partial charge in [0.1, 0.15) is 5.69 Å². The van der Waals surface area contributed by atoms with Crippen LogP contribution in [0.25, 0.3) is 15.9 Å². The van der Waals surface area contributed by atoms with Crippen LogP contribution >= 0.6 is 23.6 Å². The molecule has 7 heteroatoms. The number of fused-ring (bicyclic) bond motifs is 1. The third-order valence-corrected chi connectivity index (χ3v) is 5.10. The Morgan fingerprint density at radius 1 is 1.20 bits per heavy atom. The number of aromatic amines is 1. The van der Waals surface area contributed by atoms with Crippen molar-refractivity contribution in [2.45, 2.75) is 6.92 Å². The van der Waals surface area contributed by atoms with Gasteiger partial charge in [0.2, 0.25) is 0 Å².